The summed E-state index contributed by atoms with van der Waals surface area (Å²) in [5.74, 6) is 2.05. The van der Waals surface area contributed by atoms with Crippen molar-refractivity contribution in [3.63, 3.8) is 0 Å². The number of hydrogen-bond acceptors (Lipinski definition) is 5. The Morgan fingerprint density at radius 3 is 2.19 bits per heavy atom. The predicted molar refractivity (Wildman–Crippen MR) is 139 cm³/mol. The molecule has 8 nitrogen and oxygen atoms in total. The average Bonchev–Trinajstić information content (AvgIpc) is 3.23. The molecule has 2 saturated heterocycles. The smallest absolute Gasteiger partial charge is 0.302 e. The van der Waals surface area contributed by atoms with Crippen molar-refractivity contribution in [3.8, 4) is 11.5 Å². The van der Waals surface area contributed by atoms with Gasteiger partial charge in [0.1, 0.15) is 0 Å². The third kappa shape index (κ3) is 3.85. The van der Waals surface area contributed by atoms with Crippen LogP contribution in [0.1, 0.15) is 83.1 Å². The molecular weight excluding hydrogens is 452 g/mol. The largest absolute Gasteiger partial charge is 0.340 e. The van der Waals surface area contributed by atoms with Gasteiger partial charge in [-0.3, -0.25) is 14.7 Å². The zero-order chi connectivity index (χ0) is 24.2. The van der Waals surface area contributed by atoms with E-state index in [9.17, 15) is 9.59 Å². The maximum atomic E-state index is 13.9. The van der Waals surface area contributed by atoms with E-state index in [1.807, 2.05) is 28.8 Å². The minimum atomic E-state index is -0.429. The molecule has 2 unspecified atom stereocenters. The average molecular weight is 489 g/mol. The van der Waals surface area contributed by atoms with Crippen molar-refractivity contribution < 1.29 is 0 Å². The standard InChI is InChI=1S/C28H36N6O2/c35-27-25(26-30-28(36)32-31-26)29-23-10-3-4-11-24(23)34(27)22-15-19-8-5-9-20(16-22)33(19)21-13-17-6-1-2-7-18(12-17)14-21/h3-4,10-11,17-22H,1-2,5-9,12-16H2,(H2,30,31,32,36)/t17-,18+,19-,20+,21?,22?. The molecule has 8 heteroatoms. The van der Waals surface area contributed by atoms with Crippen LogP contribution in [0.25, 0.3) is 22.6 Å². The first kappa shape index (κ1) is 22.5. The van der Waals surface area contributed by atoms with Crippen LogP contribution >= 0.6 is 0 Å². The first-order valence-electron chi connectivity index (χ1n) is 14.1. The second-order valence-electron chi connectivity index (χ2n) is 11.8. The quantitative estimate of drug-likeness (QED) is 0.570. The van der Waals surface area contributed by atoms with Gasteiger partial charge in [0.25, 0.3) is 5.56 Å². The van der Waals surface area contributed by atoms with Gasteiger partial charge in [0.05, 0.1) is 11.0 Å². The SMILES string of the molecule is O=c1[nH]nc(-c2nc3ccccc3n(C3C[C@H]4CCC[C@@H](C3)N4C3C[C@H]4CCCC[C@@H](C3)C4)c2=O)[nH]1. The molecule has 2 aromatic heterocycles. The third-order valence-electron chi connectivity index (χ3n) is 9.67. The lowest BCUT2D eigenvalue weighted by atomic mass is 9.73. The molecule has 4 fully saturated rings. The summed E-state index contributed by atoms with van der Waals surface area (Å²) >= 11 is 0. The molecule has 4 heterocycles. The van der Waals surface area contributed by atoms with Crippen molar-refractivity contribution in [1.82, 2.24) is 29.6 Å². The molecule has 6 atom stereocenters. The Bertz CT molecular complexity index is 1350. The summed E-state index contributed by atoms with van der Waals surface area (Å²) in [6.45, 7) is 0. The van der Waals surface area contributed by atoms with Crippen molar-refractivity contribution >= 4 is 11.0 Å². The second kappa shape index (κ2) is 8.98. The Morgan fingerprint density at radius 1 is 0.778 bits per heavy atom. The summed E-state index contributed by atoms with van der Waals surface area (Å²) in [6.07, 6.45) is 15.7. The lowest BCUT2D eigenvalue weighted by molar-refractivity contribution is -0.0420. The maximum absolute atomic E-state index is 13.9. The van der Waals surface area contributed by atoms with E-state index < -0.39 is 5.69 Å². The highest BCUT2D eigenvalue weighted by Gasteiger charge is 2.45. The molecule has 2 aliphatic heterocycles. The molecule has 4 aliphatic rings. The Balaban J connectivity index is 1.25. The molecule has 1 aromatic carbocycles. The van der Waals surface area contributed by atoms with Crippen molar-refractivity contribution in [2.24, 2.45) is 11.8 Å². The number of aromatic nitrogens is 5. The van der Waals surface area contributed by atoms with Crippen LogP contribution < -0.4 is 11.2 Å². The highest BCUT2D eigenvalue weighted by molar-refractivity contribution is 5.77. The van der Waals surface area contributed by atoms with Gasteiger partial charge in [0.15, 0.2) is 11.5 Å². The van der Waals surface area contributed by atoms with Crippen LogP contribution in [0.3, 0.4) is 0 Å². The van der Waals surface area contributed by atoms with E-state index in [0.29, 0.717) is 12.1 Å². The maximum Gasteiger partial charge on any atom is 0.340 e. The van der Waals surface area contributed by atoms with Gasteiger partial charge >= 0.3 is 5.69 Å². The Kier molecular flexibility index (Phi) is 5.60. The fraction of sp³-hybridized carbons (Fsp3) is 0.643. The van der Waals surface area contributed by atoms with E-state index in [1.54, 1.807) is 0 Å². The fourth-order valence-corrected chi connectivity index (χ4v) is 8.36. The van der Waals surface area contributed by atoms with E-state index >= 15 is 0 Å². The number of fused-ring (bicyclic) bond motifs is 5. The van der Waals surface area contributed by atoms with Gasteiger partial charge in [-0.05, 0) is 68.9 Å². The van der Waals surface area contributed by atoms with Crippen LogP contribution in [0.5, 0.6) is 0 Å². The van der Waals surface area contributed by atoms with E-state index in [2.05, 4.69) is 25.1 Å². The highest BCUT2D eigenvalue weighted by Crippen LogP contribution is 2.47. The van der Waals surface area contributed by atoms with Crippen molar-refractivity contribution in [3.05, 3.63) is 45.1 Å². The predicted octanol–water partition coefficient (Wildman–Crippen LogP) is 4.39. The summed E-state index contributed by atoms with van der Waals surface area (Å²) in [5, 5.41) is 6.41. The van der Waals surface area contributed by atoms with Gasteiger partial charge < -0.3 is 4.57 Å². The second-order valence-corrected chi connectivity index (χ2v) is 11.8. The number of para-hydroxylation sites is 2. The van der Waals surface area contributed by atoms with Gasteiger partial charge in [-0.25, -0.2) is 14.9 Å². The first-order valence-corrected chi connectivity index (χ1v) is 14.1. The van der Waals surface area contributed by atoms with Crippen molar-refractivity contribution in [1.29, 1.82) is 0 Å². The van der Waals surface area contributed by atoms with Crippen LogP contribution in [0.2, 0.25) is 0 Å². The van der Waals surface area contributed by atoms with Gasteiger partial charge in [-0.2, -0.15) is 5.10 Å². The number of nitrogens with one attached hydrogen (secondary N) is 2. The monoisotopic (exact) mass is 488 g/mol. The number of piperidine rings is 2. The molecule has 2 saturated carbocycles. The van der Waals surface area contributed by atoms with Gasteiger partial charge in [-0.1, -0.05) is 44.2 Å². The summed E-state index contributed by atoms with van der Waals surface area (Å²) in [7, 11) is 0. The molecule has 7 rings (SSSR count). The van der Waals surface area contributed by atoms with Crippen LogP contribution in [0.4, 0.5) is 0 Å². The topological polar surface area (TPSA) is 99.7 Å². The molecule has 190 valence electrons. The minimum absolute atomic E-state index is 0.132. The lowest BCUT2D eigenvalue weighted by Crippen LogP contribution is -2.58. The van der Waals surface area contributed by atoms with Crippen LogP contribution in [-0.2, 0) is 0 Å². The van der Waals surface area contributed by atoms with E-state index in [4.69, 9.17) is 0 Å². The number of nitrogens with zero attached hydrogens (tertiary/aromatic N) is 4. The fourth-order valence-electron chi connectivity index (χ4n) is 8.36. The molecule has 4 bridgehead atoms. The normalized spacial score (nSPS) is 32.9. The van der Waals surface area contributed by atoms with Crippen LogP contribution in [0, 0.1) is 11.8 Å². The number of hydrogen-bond donors (Lipinski definition) is 2. The molecule has 36 heavy (non-hydrogen) atoms. The van der Waals surface area contributed by atoms with Crippen molar-refractivity contribution in [2.75, 3.05) is 0 Å². The molecule has 0 spiro atoms. The Morgan fingerprint density at radius 2 is 1.50 bits per heavy atom. The molecular formula is C28H36N6O2. The number of aromatic amines is 2. The molecule has 0 radical (unpaired) electrons. The summed E-state index contributed by atoms with van der Waals surface area (Å²) in [6, 6.07) is 9.82. The molecule has 3 aromatic rings. The van der Waals surface area contributed by atoms with Gasteiger partial charge in [0.2, 0.25) is 0 Å². The van der Waals surface area contributed by atoms with E-state index in [1.165, 1.54) is 64.2 Å². The third-order valence-corrected chi connectivity index (χ3v) is 9.67. The molecule has 2 N–H and O–H groups in total. The summed E-state index contributed by atoms with van der Waals surface area (Å²) < 4.78 is 1.98. The highest BCUT2D eigenvalue weighted by atomic mass is 16.1. The summed E-state index contributed by atoms with van der Waals surface area (Å²) in [4.78, 5) is 35.8. The van der Waals surface area contributed by atoms with Crippen molar-refractivity contribution in [2.45, 2.75) is 101 Å². The van der Waals surface area contributed by atoms with E-state index in [0.717, 1.165) is 41.8 Å². The number of rotatable bonds is 3. The van der Waals surface area contributed by atoms with Crippen LogP contribution in [-0.4, -0.2) is 47.8 Å². The molecule has 0 amide bonds. The van der Waals surface area contributed by atoms with E-state index in [-0.39, 0.29) is 23.1 Å². The Hall–Kier alpha value is -2.74. The minimum Gasteiger partial charge on any atom is -0.302 e. The first-order chi connectivity index (χ1) is 17.6. The van der Waals surface area contributed by atoms with Gasteiger partial charge in [0, 0.05) is 24.2 Å². The zero-order valence-electron chi connectivity index (χ0n) is 20.9. The van der Waals surface area contributed by atoms with Crippen LogP contribution in [0.15, 0.2) is 33.9 Å². The zero-order valence-corrected chi connectivity index (χ0v) is 20.9. The Labute approximate surface area is 210 Å². The molecule has 2 aliphatic carbocycles. The number of benzene rings is 1. The summed E-state index contributed by atoms with van der Waals surface area (Å²) in [5.41, 5.74) is 1.28. The number of H-pyrrole nitrogens is 2. The lowest BCUT2D eigenvalue weighted by Gasteiger charge is -2.54. The van der Waals surface area contributed by atoms with Gasteiger partial charge in [-0.15, -0.1) is 0 Å².